The van der Waals surface area contributed by atoms with Crippen LogP contribution >= 0.6 is 11.8 Å². The van der Waals surface area contributed by atoms with Gasteiger partial charge >= 0.3 is 0 Å². The molecule has 0 amide bonds. The molecule has 0 unspecified atom stereocenters. The van der Waals surface area contributed by atoms with Crippen molar-refractivity contribution in [3.8, 4) is 0 Å². The van der Waals surface area contributed by atoms with Gasteiger partial charge in [-0.2, -0.15) is 11.1 Å². The van der Waals surface area contributed by atoms with Gasteiger partial charge in [0.25, 0.3) is 0 Å². The Morgan fingerprint density at radius 3 is 1.65 bits per heavy atom. The van der Waals surface area contributed by atoms with E-state index in [1.54, 1.807) is 23.9 Å². The van der Waals surface area contributed by atoms with Gasteiger partial charge in [0.05, 0.1) is 0 Å². The van der Waals surface area contributed by atoms with Gasteiger partial charge in [0.15, 0.2) is 0 Å². The molecule has 0 saturated carbocycles. The van der Waals surface area contributed by atoms with Crippen molar-refractivity contribution in [2.45, 2.75) is 4.90 Å². The number of hydrogen-bond acceptors (Lipinski definition) is 1. The Bertz CT molecular complexity index is 600. The minimum Gasteiger partial charge on any atom is -0.298 e. The molecule has 0 heterocycles. The van der Waals surface area contributed by atoms with Crippen molar-refractivity contribution in [2.24, 2.45) is 0 Å². The van der Waals surface area contributed by atoms with Crippen molar-refractivity contribution in [1.82, 2.24) is 0 Å². The maximum absolute atomic E-state index is 12.9. The average molecular weight is 357 g/mol. The van der Waals surface area contributed by atoms with E-state index in [9.17, 15) is 4.39 Å². The molecule has 0 spiro atoms. The summed E-state index contributed by atoms with van der Waals surface area (Å²) in [5.41, 5.74) is 2.53. The Labute approximate surface area is 149 Å². The molecule has 99 valence electrons. The topological polar surface area (TPSA) is 0 Å². The molecular formula is C17H13FSY-2. The third-order valence-corrected chi connectivity index (χ3v) is 3.59. The van der Waals surface area contributed by atoms with E-state index in [1.165, 1.54) is 12.1 Å². The Morgan fingerprint density at radius 2 is 1.25 bits per heavy atom. The Kier molecular flexibility index (Phi) is 6.87. The number of allylic oxidation sites excluding steroid dienone is 2. The Morgan fingerprint density at radius 1 is 0.850 bits per heavy atom. The van der Waals surface area contributed by atoms with Crippen LogP contribution in [0.1, 0.15) is 11.1 Å². The summed E-state index contributed by atoms with van der Waals surface area (Å²) in [5.74, 6) is -0.292. The molecule has 2 aromatic carbocycles. The summed E-state index contributed by atoms with van der Waals surface area (Å²) in [5, 5.41) is 0. The van der Waals surface area contributed by atoms with Crippen LogP contribution in [0.15, 0.2) is 53.4 Å². The standard InChI is InChI=1S/C17H13FS.Y/c1-12(14-4-8-16(18)9-5-14)13(2)15-6-10-17(19-3)11-7-15;/h1-2,4-11H,3H3;/q-2;. The summed E-state index contributed by atoms with van der Waals surface area (Å²) in [6.45, 7) is 12.1. The molecule has 0 nitrogen and oxygen atoms in total. The summed E-state index contributed by atoms with van der Waals surface area (Å²) < 4.78 is 12.9. The number of hydrogen-bond donors (Lipinski definition) is 0. The zero-order valence-electron chi connectivity index (χ0n) is 11.1. The van der Waals surface area contributed by atoms with Crippen LogP contribution in [0.5, 0.6) is 0 Å². The van der Waals surface area contributed by atoms with Gasteiger partial charge in [-0.1, -0.05) is 12.1 Å². The number of thioether (sulfide) groups is 1. The first-order valence-electron chi connectivity index (χ1n) is 5.77. The predicted octanol–water partition coefficient (Wildman–Crippen LogP) is 4.88. The van der Waals surface area contributed by atoms with Gasteiger partial charge in [0, 0.05) is 37.6 Å². The zero-order chi connectivity index (χ0) is 13.8. The fourth-order valence-corrected chi connectivity index (χ4v) is 2.12. The minimum atomic E-state index is -0.292. The fourth-order valence-electron chi connectivity index (χ4n) is 1.71. The second kappa shape index (κ2) is 7.92. The molecule has 0 fully saturated rings. The molecule has 3 heteroatoms. The van der Waals surface area contributed by atoms with Crippen LogP contribution in [0.2, 0.25) is 0 Å². The zero-order valence-corrected chi connectivity index (χ0v) is 14.8. The van der Waals surface area contributed by atoms with Crippen molar-refractivity contribution in [3.05, 3.63) is 78.6 Å². The van der Waals surface area contributed by atoms with E-state index in [0.29, 0.717) is 16.7 Å². The van der Waals surface area contributed by atoms with Crippen LogP contribution in [0.4, 0.5) is 4.39 Å². The molecule has 2 aromatic rings. The van der Waals surface area contributed by atoms with Crippen LogP contribution in [-0.4, -0.2) is 6.26 Å². The van der Waals surface area contributed by atoms with Crippen molar-refractivity contribution in [1.29, 1.82) is 0 Å². The molecule has 0 atom stereocenters. The van der Waals surface area contributed by atoms with Gasteiger partial charge in [0.2, 0.25) is 0 Å². The number of benzene rings is 2. The molecule has 20 heavy (non-hydrogen) atoms. The van der Waals surface area contributed by atoms with Crippen LogP contribution < -0.4 is 0 Å². The monoisotopic (exact) mass is 357 g/mol. The van der Waals surface area contributed by atoms with E-state index >= 15 is 0 Å². The van der Waals surface area contributed by atoms with Gasteiger partial charge < -0.3 is 0 Å². The maximum atomic E-state index is 12.9. The number of rotatable bonds is 4. The molecule has 0 aromatic heterocycles. The summed E-state index contributed by atoms with van der Waals surface area (Å²) in [6, 6.07) is 13.8. The first kappa shape index (κ1) is 17.4. The van der Waals surface area contributed by atoms with E-state index in [2.05, 4.69) is 0 Å². The van der Waals surface area contributed by atoms with E-state index < -0.39 is 0 Å². The van der Waals surface area contributed by atoms with E-state index in [0.717, 1.165) is 10.5 Å². The largest absolute Gasteiger partial charge is 0.298 e. The molecule has 0 aliphatic heterocycles. The average Bonchev–Trinajstić information content (AvgIpc) is 2.46. The van der Waals surface area contributed by atoms with Crippen LogP contribution in [0.3, 0.4) is 0 Å². The summed E-state index contributed by atoms with van der Waals surface area (Å²) in [4.78, 5) is 1.16. The molecule has 0 aliphatic rings. The van der Waals surface area contributed by atoms with Gasteiger partial charge in [-0.25, -0.2) is 4.39 Å². The van der Waals surface area contributed by atoms with Gasteiger partial charge in [-0.15, -0.1) is 36.0 Å². The normalized spacial score (nSPS) is 9.70. The van der Waals surface area contributed by atoms with E-state index in [1.807, 2.05) is 30.5 Å². The van der Waals surface area contributed by atoms with Gasteiger partial charge in [-0.05, 0) is 18.4 Å². The van der Waals surface area contributed by atoms with Crippen molar-refractivity contribution >= 4 is 22.9 Å². The summed E-state index contributed by atoms with van der Waals surface area (Å²) in [7, 11) is 0. The summed E-state index contributed by atoms with van der Waals surface area (Å²) in [6.07, 6.45) is 2.01. The second-order valence-corrected chi connectivity index (χ2v) is 4.94. The third-order valence-electron chi connectivity index (χ3n) is 2.85. The Hall–Kier alpha value is -0.696. The molecule has 0 saturated heterocycles. The van der Waals surface area contributed by atoms with Crippen molar-refractivity contribution in [3.63, 3.8) is 0 Å². The quantitative estimate of drug-likeness (QED) is 0.427. The SMILES string of the molecule is [CH-]=C(C(=[CH-])c1ccc(SC)cc1)c1ccc(F)cc1.[Y]. The maximum Gasteiger partial charge on any atom is 0.121 e. The molecule has 2 rings (SSSR count). The van der Waals surface area contributed by atoms with Crippen molar-refractivity contribution in [2.75, 3.05) is 6.26 Å². The first-order valence-corrected chi connectivity index (χ1v) is 7.00. The smallest absolute Gasteiger partial charge is 0.121 e. The molecule has 1 radical (unpaired) electrons. The van der Waals surface area contributed by atoms with Gasteiger partial charge in [0.1, 0.15) is 5.82 Å². The molecule has 0 N–H and O–H groups in total. The molecule has 0 aliphatic carbocycles. The van der Waals surface area contributed by atoms with Crippen LogP contribution in [0, 0.1) is 19.0 Å². The van der Waals surface area contributed by atoms with Gasteiger partial charge in [-0.3, -0.25) is 24.3 Å². The summed E-state index contributed by atoms with van der Waals surface area (Å²) >= 11 is 1.67. The van der Waals surface area contributed by atoms with Crippen LogP contribution in [0.25, 0.3) is 11.1 Å². The fraction of sp³-hybridized carbons (Fsp3) is 0.0588. The second-order valence-electron chi connectivity index (χ2n) is 4.06. The van der Waals surface area contributed by atoms with Crippen molar-refractivity contribution < 1.29 is 37.1 Å². The van der Waals surface area contributed by atoms with Crippen LogP contribution in [-0.2, 0) is 32.7 Å². The Balaban J connectivity index is 0.00000200. The molecule has 0 bridgehead atoms. The predicted molar refractivity (Wildman–Crippen MR) is 80.0 cm³/mol. The van der Waals surface area contributed by atoms with E-state index in [-0.39, 0.29) is 38.5 Å². The number of halogens is 1. The molecular weight excluding hydrogens is 344 g/mol. The first-order chi connectivity index (χ1) is 9.11. The van der Waals surface area contributed by atoms with E-state index in [4.69, 9.17) is 13.2 Å². The third kappa shape index (κ3) is 4.15. The minimum absolute atomic E-state index is 0.